The number of oxime groups is 1. The van der Waals surface area contributed by atoms with Crippen LogP contribution >= 0.6 is 0 Å². The summed E-state index contributed by atoms with van der Waals surface area (Å²) >= 11 is 0. The number of aliphatic hydroxyl groups is 1. The van der Waals surface area contributed by atoms with Crippen LogP contribution in [-0.2, 0) is 0 Å². The van der Waals surface area contributed by atoms with Gasteiger partial charge in [0.05, 0.1) is 12.3 Å². The maximum atomic E-state index is 12.9. The van der Waals surface area contributed by atoms with Gasteiger partial charge in [-0.1, -0.05) is 5.16 Å². The summed E-state index contributed by atoms with van der Waals surface area (Å²) in [5.74, 6) is -0.0647. The zero-order valence-corrected chi connectivity index (χ0v) is 8.27. The van der Waals surface area contributed by atoms with E-state index in [1.165, 1.54) is 25.1 Å². The number of hydrogen-bond acceptors (Lipinski definition) is 4. The lowest BCUT2D eigenvalue weighted by molar-refractivity contribution is 0.201. The van der Waals surface area contributed by atoms with Gasteiger partial charge in [0.2, 0.25) is 0 Å². The van der Waals surface area contributed by atoms with E-state index >= 15 is 0 Å². The fraction of sp³-hybridized carbons (Fsp3) is 0.300. The summed E-state index contributed by atoms with van der Waals surface area (Å²) in [5.41, 5.74) is 0.619. The fourth-order valence-corrected chi connectivity index (χ4v) is 1.12. The monoisotopic (exact) mass is 213 g/mol. The van der Waals surface area contributed by atoms with E-state index < -0.39 is 5.82 Å². The Morgan fingerprint density at radius 2 is 2.27 bits per heavy atom. The molecule has 0 heterocycles. The van der Waals surface area contributed by atoms with Crippen molar-refractivity contribution in [2.75, 3.05) is 13.2 Å². The predicted octanol–water partition coefficient (Wildman–Crippen LogP) is 1.40. The summed E-state index contributed by atoms with van der Waals surface area (Å²) in [6.45, 7) is 1.50. The van der Waals surface area contributed by atoms with Gasteiger partial charge in [-0.25, -0.2) is 4.39 Å². The van der Waals surface area contributed by atoms with Crippen molar-refractivity contribution >= 4 is 5.71 Å². The van der Waals surface area contributed by atoms with Crippen LogP contribution < -0.4 is 4.74 Å². The van der Waals surface area contributed by atoms with E-state index in [1.807, 2.05) is 0 Å². The van der Waals surface area contributed by atoms with E-state index in [-0.39, 0.29) is 18.9 Å². The van der Waals surface area contributed by atoms with Crippen LogP contribution in [0.4, 0.5) is 4.39 Å². The van der Waals surface area contributed by atoms with E-state index in [4.69, 9.17) is 15.1 Å². The normalized spacial score (nSPS) is 11.5. The summed E-state index contributed by atoms with van der Waals surface area (Å²) in [7, 11) is 0. The molecule has 1 aromatic rings. The van der Waals surface area contributed by atoms with E-state index in [0.717, 1.165) is 0 Å². The van der Waals surface area contributed by atoms with Crippen molar-refractivity contribution in [2.24, 2.45) is 5.16 Å². The van der Waals surface area contributed by atoms with Crippen LogP contribution in [0.2, 0.25) is 0 Å². The molecule has 0 fully saturated rings. The summed E-state index contributed by atoms with van der Waals surface area (Å²) < 4.78 is 18.1. The largest absolute Gasteiger partial charge is 0.490 e. The minimum absolute atomic E-state index is 0.108. The van der Waals surface area contributed by atoms with Crippen molar-refractivity contribution in [1.29, 1.82) is 0 Å². The molecule has 0 aliphatic heterocycles. The molecule has 2 N–H and O–H groups in total. The minimum Gasteiger partial charge on any atom is -0.490 e. The summed E-state index contributed by atoms with van der Waals surface area (Å²) in [5, 5.41) is 20.2. The molecule has 1 rings (SSSR count). The highest BCUT2D eigenvalue weighted by atomic mass is 19.1. The Hall–Kier alpha value is -1.62. The molecular formula is C10H12FNO3. The number of halogens is 1. The Morgan fingerprint density at radius 3 is 2.87 bits per heavy atom. The van der Waals surface area contributed by atoms with Gasteiger partial charge in [-0.05, 0) is 25.1 Å². The molecule has 5 heteroatoms. The third kappa shape index (κ3) is 2.92. The number of ether oxygens (including phenoxy) is 1. The Kier molecular flexibility index (Phi) is 4.05. The fourth-order valence-electron chi connectivity index (χ4n) is 1.12. The van der Waals surface area contributed by atoms with Gasteiger partial charge in [-0.15, -0.1) is 0 Å². The van der Waals surface area contributed by atoms with Crippen molar-refractivity contribution in [1.82, 2.24) is 0 Å². The quantitative estimate of drug-likeness (QED) is 0.451. The first kappa shape index (κ1) is 11.5. The van der Waals surface area contributed by atoms with Crippen LogP contribution in [0.1, 0.15) is 12.5 Å². The third-order valence-electron chi connectivity index (χ3n) is 1.83. The lowest BCUT2D eigenvalue weighted by Crippen LogP contribution is -2.06. The summed E-state index contributed by atoms with van der Waals surface area (Å²) in [4.78, 5) is 0. The maximum Gasteiger partial charge on any atom is 0.128 e. The third-order valence-corrected chi connectivity index (χ3v) is 1.83. The SMILES string of the molecule is CC(=NO)c1cc(F)ccc1OCCO. The molecule has 0 aliphatic carbocycles. The van der Waals surface area contributed by atoms with Gasteiger partial charge in [0, 0.05) is 5.56 Å². The average molecular weight is 213 g/mol. The van der Waals surface area contributed by atoms with Crippen LogP contribution in [0, 0.1) is 5.82 Å². The van der Waals surface area contributed by atoms with Crippen molar-refractivity contribution in [3.63, 3.8) is 0 Å². The van der Waals surface area contributed by atoms with Crippen LogP contribution in [-0.4, -0.2) is 29.2 Å². The van der Waals surface area contributed by atoms with E-state index in [2.05, 4.69) is 5.16 Å². The predicted molar refractivity (Wildman–Crippen MR) is 53.0 cm³/mol. The molecule has 1 aromatic carbocycles. The number of nitrogens with zero attached hydrogens (tertiary/aromatic N) is 1. The van der Waals surface area contributed by atoms with Crippen LogP contribution in [0.3, 0.4) is 0 Å². The molecule has 0 amide bonds. The van der Waals surface area contributed by atoms with Gasteiger partial charge < -0.3 is 15.1 Å². The van der Waals surface area contributed by atoms with E-state index in [0.29, 0.717) is 11.3 Å². The highest BCUT2D eigenvalue weighted by molar-refractivity contribution is 6.00. The number of benzene rings is 1. The van der Waals surface area contributed by atoms with E-state index in [9.17, 15) is 4.39 Å². The van der Waals surface area contributed by atoms with Crippen molar-refractivity contribution in [3.05, 3.63) is 29.6 Å². The number of aliphatic hydroxyl groups excluding tert-OH is 1. The average Bonchev–Trinajstić information content (AvgIpc) is 2.26. The first-order chi connectivity index (χ1) is 7.19. The zero-order chi connectivity index (χ0) is 11.3. The van der Waals surface area contributed by atoms with Crippen LogP contribution in [0.25, 0.3) is 0 Å². The highest BCUT2D eigenvalue weighted by Gasteiger charge is 2.08. The molecule has 0 unspecified atom stereocenters. The van der Waals surface area contributed by atoms with Crippen LogP contribution in [0.15, 0.2) is 23.4 Å². The topological polar surface area (TPSA) is 62.1 Å². The Bertz CT molecular complexity index is 366. The second kappa shape index (κ2) is 5.31. The van der Waals surface area contributed by atoms with Crippen LogP contribution in [0.5, 0.6) is 5.75 Å². The van der Waals surface area contributed by atoms with Gasteiger partial charge in [-0.3, -0.25) is 0 Å². The number of hydrogen-bond donors (Lipinski definition) is 2. The lowest BCUT2D eigenvalue weighted by Gasteiger charge is -2.09. The molecular weight excluding hydrogens is 201 g/mol. The standard InChI is InChI=1S/C10H12FNO3/c1-7(12-14)9-6-8(11)2-3-10(9)15-5-4-13/h2-3,6,13-14H,4-5H2,1H3. The van der Waals surface area contributed by atoms with Gasteiger partial charge in [0.25, 0.3) is 0 Å². The van der Waals surface area contributed by atoms with E-state index in [1.54, 1.807) is 0 Å². The maximum absolute atomic E-state index is 12.9. The Morgan fingerprint density at radius 1 is 1.53 bits per heavy atom. The smallest absolute Gasteiger partial charge is 0.128 e. The second-order valence-corrected chi connectivity index (χ2v) is 2.90. The summed E-state index contributed by atoms with van der Waals surface area (Å²) in [6, 6.07) is 3.87. The number of rotatable bonds is 4. The molecule has 82 valence electrons. The first-order valence-electron chi connectivity index (χ1n) is 4.41. The molecule has 0 bridgehead atoms. The first-order valence-corrected chi connectivity index (χ1v) is 4.41. The molecule has 4 nitrogen and oxygen atoms in total. The molecule has 0 radical (unpaired) electrons. The molecule has 0 aromatic heterocycles. The van der Waals surface area contributed by atoms with Crippen molar-refractivity contribution in [3.8, 4) is 5.75 Å². The second-order valence-electron chi connectivity index (χ2n) is 2.90. The molecule has 0 atom stereocenters. The zero-order valence-electron chi connectivity index (χ0n) is 8.27. The van der Waals surface area contributed by atoms with Crippen molar-refractivity contribution in [2.45, 2.75) is 6.92 Å². The van der Waals surface area contributed by atoms with Gasteiger partial charge >= 0.3 is 0 Å². The molecule has 15 heavy (non-hydrogen) atoms. The molecule has 0 aliphatic rings. The van der Waals surface area contributed by atoms with Gasteiger partial charge in [0.1, 0.15) is 18.2 Å². The molecule has 0 saturated carbocycles. The van der Waals surface area contributed by atoms with Gasteiger partial charge in [0.15, 0.2) is 0 Å². The van der Waals surface area contributed by atoms with Gasteiger partial charge in [-0.2, -0.15) is 0 Å². The molecule has 0 spiro atoms. The lowest BCUT2D eigenvalue weighted by atomic mass is 10.1. The summed E-state index contributed by atoms with van der Waals surface area (Å²) in [6.07, 6.45) is 0. The molecule has 0 saturated heterocycles. The Balaban J connectivity index is 3.03. The minimum atomic E-state index is -0.440. The Labute approximate surface area is 86.6 Å². The van der Waals surface area contributed by atoms with Crippen molar-refractivity contribution < 1.29 is 19.4 Å². The highest BCUT2D eigenvalue weighted by Crippen LogP contribution is 2.20.